The van der Waals surface area contributed by atoms with E-state index in [2.05, 4.69) is 26.0 Å². The number of carbonyl (C=O) groups is 2. The molecule has 20 heavy (non-hydrogen) atoms. The van der Waals surface area contributed by atoms with Crippen LogP contribution in [0.3, 0.4) is 0 Å². The average molecular weight is 347 g/mol. The fraction of sp³-hybridized carbons (Fsp3) is 0.273. The second kappa shape index (κ2) is 7.43. The Bertz CT molecular complexity index is 551. The van der Waals surface area contributed by atoms with Gasteiger partial charge in [0.2, 0.25) is 5.91 Å². The van der Waals surface area contributed by atoms with Gasteiger partial charge in [-0.15, -0.1) is 0 Å². The van der Waals surface area contributed by atoms with Crippen molar-refractivity contribution in [3.05, 3.63) is 32.5 Å². The predicted octanol–water partition coefficient (Wildman–Crippen LogP) is 1.64. The number of nitrogens with zero attached hydrogens (tertiary/aromatic N) is 1. The van der Waals surface area contributed by atoms with Crippen LogP contribution in [0.1, 0.15) is 12.7 Å². The van der Waals surface area contributed by atoms with Crippen molar-refractivity contribution >= 4 is 39.8 Å². The molecule has 1 aromatic rings. The molecule has 0 aliphatic rings. The first-order chi connectivity index (χ1) is 9.43. The molecule has 1 amide bonds. The van der Waals surface area contributed by atoms with Crippen molar-refractivity contribution in [2.75, 3.05) is 13.2 Å². The number of amides is 1. The first-order valence-corrected chi connectivity index (χ1v) is 6.28. The molecule has 0 unspecified atom stereocenters. The monoisotopic (exact) mass is 346 g/mol. The van der Waals surface area contributed by atoms with Crippen LogP contribution in [-0.2, 0) is 14.3 Å². The summed E-state index contributed by atoms with van der Waals surface area (Å²) >= 11 is 2.96. The highest BCUT2D eigenvalue weighted by molar-refractivity contribution is 9.10. The molecular weight excluding hydrogens is 336 g/mol. The zero-order valence-electron chi connectivity index (χ0n) is 10.4. The van der Waals surface area contributed by atoms with Crippen molar-refractivity contribution in [3.63, 3.8) is 0 Å². The van der Waals surface area contributed by atoms with Crippen LogP contribution < -0.4 is 5.32 Å². The van der Waals surface area contributed by atoms with Crippen LogP contribution in [0.4, 0.5) is 5.88 Å². The van der Waals surface area contributed by atoms with Gasteiger partial charge < -0.3 is 14.5 Å². The molecule has 1 heterocycles. The number of rotatable bonds is 6. The molecule has 0 bridgehead atoms. The van der Waals surface area contributed by atoms with Gasteiger partial charge in [-0.3, -0.25) is 19.7 Å². The quantitative estimate of drug-likeness (QED) is 0.362. The van der Waals surface area contributed by atoms with Crippen LogP contribution in [0.2, 0.25) is 0 Å². The SMILES string of the molecule is CCOC(=O)CNC(=O)/C=C/c1cc(Br)c([N+](=O)[O-])o1. The molecule has 0 spiro atoms. The Labute approximate surface area is 122 Å². The second-order valence-electron chi connectivity index (χ2n) is 3.42. The summed E-state index contributed by atoms with van der Waals surface area (Å²) in [5.74, 6) is -1.41. The van der Waals surface area contributed by atoms with E-state index in [1.54, 1.807) is 6.92 Å². The Morgan fingerprint density at radius 2 is 2.30 bits per heavy atom. The molecule has 0 aromatic carbocycles. The summed E-state index contributed by atoms with van der Waals surface area (Å²) in [4.78, 5) is 32.2. The van der Waals surface area contributed by atoms with Gasteiger partial charge in [0.15, 0.2) is 0 Å². The highest BCUT2D eigenvalue weighted by Crippen LogP contribution is 2.29. The summed E-state index contributed by atoms with van der Waals surface area (Å²) in [6, 6.07) is 1.35. The topological polar surface area (TPSA) is 112 Å². The Kier molecular flexibility index (Phi) is 5.91. The van der Waals surface area contributed by atoms with Crippen LogP contribution in [-0.4, -0.2) is 30.0 Å². The standard InChI is InChI=1S/C11H11BrN2O6/c1-2-19-10(16)6-13-9(15)4-3-7-5-8(12)11(20-7)14(17)18/h3-5H,2,6H2,1H3,(H,13,15)/b4-3+. The Balaban J connectivity index is 2.55. The van der Waals surface area contributed by atoms with Gasteiger partial charge in [-0.25, -0.2) is 0 Å². The molecule has 0 aliphatic carbocycles. The minimum atomic E-state index is -0.692. The number of hydrogen-bond donors (Lipinski definition) is 1. The van der Waals surface area contributed by atoms with Gasteiger partial charge in [-0.1, -0.05) is 0 Å². The molecule has 8 nitrogen and oxygen atoms in total. The summed E-state index contributed by atoms with van der Waals surface area (Å²) in [5, 5.41) is 12.8. The Morgan fingerprint density at radius 3 is 2.85 bits per heavy atom. The molecule has 0 aliphatic heterocycles. The third-order valence-corrected chi connectivity index (χ3v) is 2.53. The smallest absolute Gasteiger partial charge is 0.447 e. The number of ether oxygens (including phenoxy) is 1. The van der Waals surface area contributed by atoms with Crippen LogP contribution in [0.15, 0.2) is 21.0 Å². The molecule has 0 atom stereocenters. The van der Waals surface area contributed by atoms with Crippen molar-refractivity contribution in [1.29, 1.82) is 0 Å². The van der Waals surface area contributed by atoms with Crippen molar-refractivity contribution in [3.8, 4) is 0 Å². The van der Waals surface area contributed by atoms with Gasteiger partial charge >= 0.3 is 11.9 Å². The largest absolute Gasteiger partial charge is 0.465 e. The summed E-state index contributed by atoms with van der Waals surface area (Å²) in [6.07, 6.45) is 2.34. The van der Waals surface area contributed by atoms with E-state index in [1.165, 1.54) is 12.1 Å². The van der Waals surface area contributed by atoms with E-state index < -0.39 is 22.7 Å². The molecule has 9 heteroatoms. The molecule has 1 rings (SSSR count). The molecule has 0 saturated carbocycles. The third-order valence-electron chi connectivity index (χ3n) is 1.96. The first-order valence-electron chi connectivity index (χ1n) is 5.49. The van der Waals surface area contributed by atoms with Gasteiger partial charge in [0.1, 0.15) is 21.7 Å². The Morgan fingerprint density at radius 1 is 1.60 bits per heavy atom. The molecular formula is C11H11BrN2O6. The first kappa shape index (κ1) is 15.9. The molecule has 0 radical (unpaired) electrons. The number of halogens is 1. The molecule has 108 valence electrons. The van der Waals surface area contributed by atoms with Crippen LogP contribution in [0.25, 0.3) is 6.08 Å². The van der Waals surface area contributed by atoms with Crippen LogP contribution in [0, 0.1) is 10.1 Å². The lowest BCUT2D eigenvalue weighted by Crippen LogP contribution is -2.29. The zero-order valence-corrected chi connectivity index (χ0v) is 12.0. The number of esters is 1. The van der Waals surface area contributed by atoms with E-state index >= 15 is 0 Å². The number of nitro groups is 1. The van der Waals surface area contributed by atoms with Gasteiger partial charge in [-0.05, 0) is 28.9 Å². The van der Waals surface area contributed by atoms with E-state index in [0.717, 1.165) is 6.08 Å². The lowest BCUT2D eigenvalue weighted by Gasteiger charge is -2.01. The predicted molar refractivity (Wildman–Crippen MR) is 71.7 cm³/mol. The van der Waals surface area contributed by atoms with Gasteiger partial charge in [0.05, 0.1) is 6.61 Å². The number of hydrogen-bond acceptors (Lipinski definition) is 6. The zero-order chi connectivity index (χ0) is 15.1. The van der Waals surface area contributed by atoms with Crippen molar-refractivity contribution in [1.82, 2.24) is 5.32 Å². The van der Waals surface area contributed by atoms with E-state index in [0.29, 0.717) is 0 Å². The van der Waals surface area contributed by atoms with Crippen molar-refractivity contribution < 1.29 is 23.7 Å². The highest BCUT2D eigenvalue weighted by atomic mass is 79.9. The van der Waals surface area contributed by atoms with Gasteiger partial charge in [0, 0.05) is 12.1 Å². The highest BCUT2D eigenvalue weighted by Gasteiger charge is 2.18. The average Bonchev–Trinajstić information content (AvgIpc) is 2.76. The number of carbonyl (C=O) groups excluding carboxylic acids is 2. The molecule has 0 saturated heterocycles. The second-order valence-corrected chi connectivity index (χ2v) is 4.27. The fourth-order valence-electron chi connectivity index (χ4n) is 1.17. The summed E-state index contributed by atoms with van der Waals surface area (Å²) < 4.78 is 9.68. The van der Waals surface area contributed by atoms with Gasteiger partial charge in [0.25, 0.3) is 0 Å². The normalized spacial score (nSPS) is 10.5. The van der Waals surface area contributed by atoms with Gasteiger partial charge in [-0.2, -0.15) is 0 Å². The minimum Gasteiger partial charge on any atom is -0.465 e. The fourth-order valence-corrected chi connectivity index (χ4v) is 1.62. The lowest BCUT2D eigenvalue weighted by atomic mass is 10.4. The maximum atomic E-state index is 11.4. The van der Waals surface area contributed by atoms with E-state index in [-0.39, 0.29) is 23.4 Å². The summed E-state index contributed by atoms with van der Waals surface area (Å²) in [6.45, 7) is 1.63. The van der Waals surface area contributed by atoms with Crippen molar-refractivity contribution in [2.24, 2.45) is 0 Å². The molecule has 0 fully saturated rings. The third kappa shape index (κ3) is 4.84. The Hall–Kier alpha value is -2.16. The molecule has 1 aromatic heterocycles. The minimum absolute atomic E-state index is 0.134. The van der Waals surface area contributed by atoms with E-state index in [1.807, 2.05) is 0 Å². The van der Waals surface area contributed by atoms with Crippen molar-refractivity contribution in [2.45, 2.75) is 6.92 Å². The lowest BCUT2D eigenvalue weighted by molar-refractivity contribution is -0.403. The summed E-state index contributed by atoms with van der Waals surface area (Å²) in [7, 11) is 0. The van der Waals surface area contributed by atoms with Crippen LogP contribution >= 0.6 is 15.9 Å². The summed E-state index contributed by atoms with van der Waals surface area (Å²) in [5.41, 5.74) is 0. The number of furan rings is 1. The maximum Gasteiger partial charge on any atom is 0.447 e. The van der Waals surface area contributed by atoms with E-state index in [9.17, 15) is 19.7 Å². The molecule has 1 N–H and O–H groups in total. The maximum absolute atomic E-state index is 11.4. The number of nitrogens with one attached hydrogen (secondary N) is 1. The van der Waals surface area contributed by atoms with Crippen LogP contribution in [0.5, 0.6) is 0 Å². The van der Waals surface area contributed by atoms with E-state index in [4.69, 9.17) is 4.42 Å².